The number of rotatable bonds is 12. The summed E-state index contributed by atoms with van der Waals surface area (Å²) in [7, 11) is 2.14. The van der Waals surface area contributed by atoms with Gasteiger partial charge in [-0.15, -0.1) is 0 Å². The van der Waals surface area contributed by atoms with Gasteiger partial charge in [-0.1, -0.05) is 6.92 Å². The Balaban J connectivity index is 1.70. The van der Waals surface area contributed by atoms with Crippen molar-refractivity contribution < 1.29 is 9.84 Å². The normalized spacial score (nSPS) is 22.2. The molecule has 0 radical (unpaired) electrons. The molecule has 2 fully saturated rings. The molecule has 0 aromatic heterocycles. The SMILES string of the molecule is CCCNC(CO)(CN(C)CCOCC1CC1)C1CC1. The van der Waals surface area contributed by atoms with Crippen molar-refractivity contribution in [1.82, 2.24) is 10.2 Å². The molecule has 1 atom stereocenters. The number of likely N-dealkylation sites (N-methyl/N-ethyl adjacent to an activating group) is 1. The van der Waals surface area contributed by atoms with E-state index in [0.29, 0.717) is 5.92 Å². The number of aliphatic hydroxyl groups is 1. The molecule has 4 nitrogen and oxygen atoms in total. The first-order chi connectivity index (χ1) is 9.70. The molecule has 0 saturated heterocycles. The lowest BCUT2D eigenvalue weighted by Gasteiger charge is -2.37. The molecule has 0 heterocycles. The highest BCUT2D eigenvalue weighted by molar-refractivity contribution is 5.02. The lowest BCUT2D eigenvalue weighted by Crippen LogP contribution is -2.58. The van der Waals surface area contributed by atoms with Crippen molar-refractivity contribution in [2.75, 3.05) is 46.5 Å². The highest BCUT2D eigenvalue weighted by Gasteiger charge is 2.44. The molecule has 118 valence electrons. The van der Waals surface area contributed by atoms with E-state index >= 15 is 0 Å². The molecule has 0 bridgehead atoms. The summed E-state index contributed by atoms with van der Waals surface area (Å²) in [5.41, 5.74) is -0.0960. The van der Waals surface area contributed by atoms with Crippen molar-refractivity contribution in [2.24, 2.45) is 11.8 Å². The predicted octanol–water partition coefficient (Wildman–Crippen LogP) is 1.49. The summed E-state index contributed by atoms with van der Waals surface area (Å²) in [5.74, 6) is 1.49. The van der Waals surface area contributed by atoms with E-state index in [2.05, 4.69) is 24.2 Å². The minimum Gasteiger partial charge on any atom is -0.394 e. The van der Waals surface area contributed by atoms with Gasteiger partial charge in [0.2, 0.25) is 0 Å². The summed E-state index contributed by atoms with van der Waals surface area (Å²) in [6.07, 6.45) is 6.33. The molecule has 0 aromatic carbocycles. The Labute approximate surface area is 123 Å². The van der Waals surface area contributed by atoms with Gasteiger partial charge in [0.25, 0.3) is 0 Å². The molecule has 4 heteroatoms. The van der Waals surface area contributed by atoms with E-state index in [0.717, 1.165) is 45.2 Å². The average Bonchev–Trinajstić information content (AvgIpc) is 3.31. The van der Waals surface area contributed by atoms with E-state index in [9.17, 15) is 5.11 Å². The molecule has 2 rings (SSSR count). The summed E-state index contributed by atoms with van der Waals surface area (Å²) in [6, 6.07) is 0. The van der Waals surface area contributed by atoms with Crippen molar-refractivity contribution in [3.8, 4) is 0 Å². The number of nitrogens with one attached hydrogen (secondary N) is 1. The Morgan fingerprint density at radius 2 is 2.05 bits per heavy atom. The molecule has 2 aliphatic carbocycles. The zero-order chi connectivity index (χ0) is 14.4. The Kier molecular flexibility index (Phi) is 6.27. The zero-order valence-electron chi connectivity index (χ0n) is 13.2. The van der Waals surface area contributed by atoms with Gasteiger partial charge in [-0.25, -0.2) is 0 Å². The van der Waals surface area contributed by atoms with Crippen LogP contribution in [0.5, 0.6) is 0 Å². The third kappa shape index (κ3) is 4.99. The summed E-state index contributed by atoms with van der Waals surface area (Å²) in [5, 5.41) is 13.5. The van der Waals surface area contributed by atoms with Crippen LogP contribution in [0.15, 0.2) is 0 Å². The fourth-order valence-corrected chi connectivity index (χ4v) is 2.89. The lowest BCUT2D eigenvalue weighted by molar-refractivity contribution is 0.0700. The van der Waals surface area contributed by atoms with Gasteiger partial charge in [0.15, 0.2) is 0 Å². The Bertz CT molecular complexity index is 280. The Morgan fingerprint density at radius 3 is 2.60 bits per heavy atom. The molecule has 2 aliphatic rings. The second-order valence-corrected chi connectivity index (χ2v) is 6.77. The number of ether oxygens (including phenoxy) is 1. The second kappa shape index (κ2) is 7.74. The molecule has 20 heavy (non-hydrogen) atoms. The molecule has 0 aliphatic heterocycles. The van der Waals surface area contributed by atoms with Crippen LogP contribution < -0.4 is 5.32 Å². The fourth-order valence-electron chi connectivity index (χ4n) is 2.89. The van der Waals surface area contributed by atoms with E-state index in [1.165, 1.54) is 25.7 Å². The molecular formula is C16H32N2O2. The molecular weight excluding hydrogens is 252 g/mol. The predicted molar refractivity (Wildman–Crippen MR) is 81.9 cm³/mol. The first kappa shape index (κ1) is 16.2. The van der Waals surface area contributed by atoms with E-state index in [-0.39, 0.29) is 12.1 Å². The summed E-state index contributed by atoms with van der Waals surface area (Å²) < 4.78 is 5.71. The minimum atomic E-state index is -0.0960. The second-order valence-electron chi connectivity index (χ2n) is 6.77. The maximum atomic E-state index is 9.89. The third-order valence-corrected chi connectivity index (χ3v) is 4.59. The van der Waals surface area contributed by atoms with Gasteiger partial charge in [-0.3, -0.25) is 0 Å². The quantitative estimate of drug-likeness (QED) is 0.533. The van der Waals surface area contributed by atoms with E-state index in [1.54, 1.807) is 0 Å². The van der Waals surface area contributed by atoms with Crippen molar-refractivity contribution in [3.63, 3.8) is 0 Å². The zero-order valence-corrected chi connectivity index (χ0v) is 13.2. The van der Waals surface area contributed by atoms with Crippen LogP contribution in [-0.2, 0) is 4.74 Å². The average molecular weight is 284 g/mol. The summed E-state index contributed by atoms with van der Waals surface area (Å²) >= 11 is 0. The molecule has 0 amide bonds. The number of aliphatic hydroxyl groups excluding tert-OH is 1. The van der Waals surface area contributed by atoms with E-state index in [1.807, 2.05) is 0 Å². The van der Waals surface area contributed by atoms with Gasteiger partial charge < -0.3 is 20.1 Å². The third-order valence-electron chi connectivity index (χ3n) is 4.59. The van der Waals surface area contributed by atoms with Crippen LogP contribution in [-0.4, -0.2) is 62.0 Å². The molecule has 0 spiro atoms. The van der Waals surface area contributed by atoms with Crippen LogP contribution in [0.3, 0.4) is 0 Å². The van der Waals surface area contributed by atoms with Gasteiger partial charge in [0.05, 0.1) is 18.8 Å². The van der Waals surface area contributed by atoms with Crippen molar-refractivity contribution in [1.29, 1.82) is 0 Å². The lowest BCUT2D eigenvalue weighted by atomic mass is 9.93. The van der Waals surface area contributed by atoms with Gasteiger partial charge in [0.1, 0.15) is 0 Å². The van der Waals surface area contributed by atoms with Gasteiger partial charge >= 0.3 is 0 Å². The number of nitrogens with zero attached hydrogens (tertiary/aromatic N) is 1. The van der Waals surface area contributed by atoms with Crippen LogP contribution in [0.2, 0.25) is 0 Å². The maximum absolute atomic E-state index is 9.89. The van der Waals surface area contributed by atoms with Crippen LogP contribution in [0, 0.1) is 11.8 Å². The molecule has 2 saturated carbocycles. The van der Waals surface area contributed by atoms with Gasteiger partial charge in [0, 0.05) is 19.7 Å². The summed E-state index contributed by atoms with van der Waals surface area (Å²) in [4.78, 5) is 2.31. The topological polar surface area (TPSA) is 44.7 Å². The van der Waals surface area contributed by atoms with Crippen molar-refractivity contribution >= 4 is 0 Å². The molecule has 1 unspecified atom stereocenters. The van der Waals surface area contributed by atoms with Crippen LogP contribution in [0.4, 0.5) is 0 Å². The standard InChI is InChI=1S/C16H32N2O2/c1-3-8-17-16(13-19,15-6-7-15)12-18(2)9-10-20-11-14-4-5-14/h14-15,17,19H,3-13H2,1-2H3. The summed E-state index contributed by atoms with van der Waals surface area (Å²) in [6.45, 7) is 7.03. The molecule has 2 N–H and O–H groups in total. The van der Waals surface area contributed by atoms with Crippen LogP contribution in [0.25, 0.3) is 0 Å². The first-order valence-corrected chi connectivity index (χ1v) is 8.32. The highest BCUT2D eigenvalue weighted by Crippen LogP contribution is 2.40. The monoisotopic (exact) mass is 284 g/mol. The van der Waals surface area contributed by atoms with Crippen LogP contribution >= 0.6 is 0 Å². The first-order valence-electron chi connectivity index (χ1n) is 8.32. The minimum absolute atomic E-state index is 0.0960. The fraction of sp³-hybridized carbons (Fsp3) is 1.00. The maximum Gasteiger partial charge on any atom is 0.0628 e. The van der Waals surface area contributed by atoms with Crippen LogP contribution in [0.1, 0.15) is 39.0 Å². The van der Waals surface area contributed by atoms with E-state index < -0.39 is 0 Å². The van der Waals surface area contributed by atoms with Crippen molar-refractivity contribution in [3.05, 3.63) is 0 Å². The smallest absolute Gasteiger partial charge is 0.0628 e. The van der Waals surface area contributed by atoms with E-state index in [4.69, 9.17) is 4.74 Å². The number of hydrogen-bond donors (Lipinski definition) is 2. The number of hydrogen-bond acceptors (Lipinski definition) is 4. The van der Waals surface area contributed by atoms with Gasteiger partial charge in [-0.05, 0) is 57.5 Å². The Morgan fingerprint density at radius 1 is 1.30 bits per heavy atom. The Hall–Kier alpha value is -0.160. The largest absolute Gasteiger partial charge is 0.394 e. The molecule has 0 aromatic rings. The van der Waals surface area contributed by atoms with Gasteiger partial charge in [-0.2, -0.15) is 0 Å². The van der Waals surface area contributed by atoms with Crippen molar-refractivity contribution in [2.45, 2.75) is 44.6 Å². The highest BCUT2D eigenvalue weighted by atomic mass is 16.5.